The molecule has 0 aliphatic rings. The summed E-state index contributed by atoms with van der Waals surface area (Å²) in [4.78, 5) is 16.8. The molecule has 1 heterocycles. The van der Waals surface area contributed by atoms with Gasteiger partial charge in [0, 0.05) is 6.54 Å². The largest absolute Gasteiger partial charge is 0.390 e. The zero-order chi connectivity index (χ0) is 13.8. The first-order valence-electron chi connectivity index (χ1n) is 6.73. The molecule has 5 nitrogen and oxygen atoms in total. The number of para-hydroxylation sites is 2. The van der Waals surface area contributed by atoms with E-state index >= 15 is 0 Å². The summed E-state index contributed by atoms with van der Waals surface area (Å²) in [5, 5.41) is 10.1. The van der Waals surface area contributed by atoms with E-state index in [1.54, 1.807) is 4.57 Å². The van der Waals surface area contributed by atoms with E-state index in [4.69, 9.17) is 0 Å². The number of aromatic nitrogens is 2. The van der Waals surface area contributed by atoms with Gasteiger partial charge < -0.3 is 15.0 Å². The van der Waals surface area contributed by atoms with Crippen molar-refractivity contribution in [1.82, 2.24) is 14.5 Å². The Balaban J connectivity index is 2.17. The number of H-pyrrole nitrogens is 1. The molecule has 2 aromatic rings. The summed E-state index contributed by atoms with van der Waals surface area (Å²) in [6.07, 6.45) is -0.545. The highest BCUT2D eigenvalue weighted by Gasteiger charge is 2.13. The monoisotopic (exact) mass is 263 g/mol. The van der Waals surface area contributed by atoms with Crippen LogP contribution in [0.4, 0.5) is 0 Å². The fourth-order valence-electron chi connectivity index (χ4n) is 2.34. The molecular weight excluding hydrogens is 242 g/mol. The molecule has 0 bridgehead atoms. The van der Waals surface area contributed by atoms with Gasteiger partial charge in [0.1, 0.15) is 0 Å². The van der Waals surface area contributed by atoms with Crippen LogP contribution in [0.1, 0.15) is 13.8 Å². The number of rotatable bonds is 6. The van der Waals surface area contributed by atoms with Gasteiger partial charge in [0.05, 0.1) is 23.7 Å². The number of hydrogen-bond donors (Lipinski definition) is 2. The van der Waals surface area contributed by atoms with Crippen LogP contribution in [0.3, 0.4) is 0 Å². The molecule has 0 unspecified atom stereocenters. The summed E-state index contributed by atoms with van der Waals surface area (Å²) in [5.41, 5.74) is 1.48. The summed E-state index contributed by atoms with van der Waals surface area (Å²) >= 11 is 0. The smallest absolute Gasteiger partial charge is 0.326 e. The average molecular weight is 263 g/mol. The Kier molecular flexibility index (Phi) is 4.39. The second-order valence-corrected chi connectivity index (χ2v) is 4.70. The highest BCUT2D eigenvalue weighted by atomic mass is 16.3. The lowest BCUT2D eigenvalue weighted by Gasteiger charge is -2.22. The van der Waals surface area contributed by atoms with Crippen molar-refractivity contribution in [2.75, 3.05) is 19.6 Å². The van der Waals surface area contributed by atoms with Gasteiger partial charge in [0.25, 0.3) is 0 Å². The normalized spacial score (nSPS) is 13.3. The maximum absolute atomic E-state index is 11.9. The van der Waals surface area contributed by atoms with E-state index < -0.39 is 6.10 Å². The molecule has 104 valence electrons. The van der Waals surface area contributed by atoms with Gasteiger partial charge in [-0.3, -0.25) is 4.57 Å². The van der Waals surface area contributed by atoms with Crippen LogP contribution < -0.4 is 5.69 Å². The zero-order valence-corrected chi connectivity index (χ0v) is 11.5. The Labute approximate surface area is 112 Å². The van der Waals surface area contributed by atoms with Crippen LogP contribution >= 0.6 is 0 Å². The van der Waals surface area contributed by atoms with Crippen molar-refractivity contribution in [3.8, 4) is 0 Å². The van der Waals surface area contributed by atoms with E-state index in [-0.39, 0.29) is 5.69 Å². The maximum atomic E-state index is 11.9. The third-order valence-corrected chi connectivity index (χ3v) is 3.44. The van der Waals surface area contributed by atoms with Crippen molar-refractivity contribution < 1.29 is 5.11 Å². The fourth-order valence-corrected chi connectivity index (χ4v) is 2.34. The first kappa shape index (κ1) is 13.8. The number of nitrogens with one attached hydrogen (secondary N) is 1. The minimum absolute atomic E-state index is 0.167. The molecule has 0 aliphatic carbocycles. The van der Waals surface area contributed by atoms with E-state index in [2.05, 4.69) is 23.7 Å². The summed E-state index contributed by atoms with van der Waals surface area (Å²) in [7, 11) is 0. The molecule has 2 rings (SSSR count). The Morgan fingerprint density at radius 3 is 2.68 bits per heavy atom. The van der Waals surface area contributed by atoms with Crippen LogP contribution in [0.15, 0.2) is 29.1 Å². The molecule has 0 fully saturated rings. The van der Waals surface area contributed by atoms with Crippen LogP contribution in [-0.4, -0.2) is 45.3 Å². The molecule has 2 N–H and O–H groups in total. The first-order chi connectivity index (χ1) is 9.15. The van der Waals surface area contributed by atoms with Gasteiger partial charge in [-0.2, -0.15) is 0 Å². The minimum atomic E-state index is -0.545. The molecule has 0 amide bonds. The van der Waals surface area contributed by atoms with Crippen LogP contribution in [0, 0.1) is 0 Å². The van der Waals surface area contributed by atoms with Crippen molar-refractivity contribution >= 4 is 11.0 Å². The Bertz CT molecular complexity index is 584. The van der Waals surface area contributed by atoms with Crippen LogP contribution in [0.5, 0.6) is 0 Å². The topological polar surface area (TPSA) is 61.3 Å². The van der Waals surface area contributed by atoms with E-state index in [1.165, 1.54) is 0 Å². The summed E-state index contributed by atoms with van der Waals surface area (Å²) in [6.45, 7) is 6.83. The molecule has 5 heteroatoms. The number of aliphatic hydroxyl groups excluding tert-OH is 1. The maximum Gasteiger partial charge on any atom is 0.326 e. The summed E-state index contributed by atoms with van der Waals surface area (Å²) in [6, 6.07) is 7.53. The molecule has 0 saturated carbocycles. The molecule has 0 radical (unpaired) electrons. The predicted octanol–water partition coefficient (Wildman–Crippen LogP) is 1.03. The second-order valence-electron chi connectivity index (χ2n) is 4.70. The van der Waals surface area contributed by atoms with Gasteiger partial charge in [-0.15, -0.1) is 0 Å². The van der Waals surface area contributed by atoms with Gasteiger partial charge in [-0.1, -0.05) is 26.0 Å². The Hall–Kier alpha value is -1.59. The van der Waals surface area contributed by atoms with Gasteiger partial charge in [0.2, 0.25) is 0 Å². The van der Waals surface area contributed by atoms with Gasteiger partial charge >= 0.3 is 5.69 Å². The van der Waals surface area contributed by atoms with E-state index in [9.17, 15) is 9.90 Å². The lowest BCUT2D eigenvalue weighted by molar-refractivity contribution is 0.103. The summed E-state index contributed by atoms with van der Waals surface area (Å²) in [5.74, 6) is 0. The van der Waals surface area contributed by atoms with Crippen molar-refractivity contribution in [2.24, 2.45) is 0 Å². The number of aromatic amines is 1. The van der Waals surface area contributed by atoms with Gasteiger partial charge in [0.15, 0.2) is 0 Å². The molecule has 0 spiro atoms. The third-order valence-electron chi connectivity index (χ3n) is 3.44. The third kappa shape index (κ3) is 3.05. The number of hydrogen-bond acceptors (Lipinski definition) is 3. The number of imidazole rings is 1. The zero-order valence-electron chi connectivity index (χ0n) is 11.5. The molecule has 1 aromatic carbocycles. The Morgan fingerprint density at radius 2 is 2.00 bits per heavy atom. The fraction of sp³-hybridized carbons (Fsp3) is 0.500. The van der Waals surface area contributed by atoms with E-state index in [1.807, 2.05) is 24.3 Å². The van der Waals surface area contributed by atoms with Crippen molar-refractivity contribution in [1.29, 1.82) is 0 Å². The molecule has 0 aliphatic heterocycles. The van der Waals surface area contributed by atoms with Crippen LogP contribution in [-0.2, 0) is 6.54 Å². The lowest BCUT2D eigenvalue weighted by Crippen LogP contribution is -2.36. The highest BCUT2D eigenvalue weighted by Crippen LogP contribution is 2.09. The first-order valence-corrected chi connectivity index (χ1v) is 6.73. The molecule has 1 aromatic heterocycles. The lowest BCUT2D eigenvalue weighted by atomic mass is 10.3. The van der Waals surface area contributed by atoms with Gasteiger partial charge in [-0.25, -0.2) is 4.79 Å². The molecule has 19 heavy (non-hydrogen) atoms. The molecular formula is C14H21N3O2. The quantitative estimate of drug-likeness (QED) is 0.818. The standard InChI is InChI=1S/C14H21N3O2/c1-3-16(4-2)9-11(18)10-17-13-8-6-5-7-12(13)15-14(17)19/h5-8,11,18H,3-4,9-10H2,1-2H3,(H,15,19)/t11-/m0/s1. The number of likely N-dealkylation sites (N-methyl/N-ethyl adjacent to an activating group) is 1. The van der Waals surface area contributed by atoms with Crippen molar-refractivity contribution in [3.63, 3.8) is 0 Å². The molecule has 0 saturated heterocycles. The highest BCUT2D eigenvalue weighted by molar-refractivity contribution is 5.74. The van der Waals surface area contributed by atoms with E-state index in [0.717, 1.165) is 24.1 Å². The van der Waals surface area contributed by atoms with Crippen LogP contribution in [0.2, 0.25) is 0 Å². The number of nitrogens with zero attached hydrogens (tertiary/aromatic N) is 2. The summed E-state index contributed by atoms with van der Waals surface area (Å²) < 4.78 is 1.60. The second kappa shape index (κ2) is 6.04. The van der Waals surface area contributed by atoms with Crippen LogP contribution in [0.25, 0.3) is 11.0 Å². The van der Waals surface area contributed by atoms with Crippen molar-refractivity contribution in [3.05, 3.63) is 34.7 Å². The number of aliphatic hydroxyl groups is 1. The molecule has 1 atom stereocenters. The van der Waals surface area contributed by atoms with Gasteiger partial charge in [-0.05, 0) is 25.2 Å². The number of fused-ring (bicyclic) bond motifs is 1. The van der Waals surface area contributed by atoms with Crippen molar-refractivity contribution in [2.45, 2.75) is 26.5 Å². The predicted molar refractivity (Wildman–Crippen MR) is 76.4 cm³/mol. The average Bonchev–Trinajstić information content (AvgIpc) is 2.72. The minimum Gasteiger partial charge on any atom is -0.390 e. The van der Waals surface area contributed by atoms with E-state index in [0.29, 0.717) is 13.1 Å². The Morgan fingerprint density at radius 1 is 1.32 bits per heavy atom. The number of benzene rings is 1. The SMILES string of the molecule is CCN(CC)C[C@H](O)Cn1c(=O)[nH]c2ccccc21.